The third-order valence-electron chi connectivity index (χ3n) is 5.47. The Morgan fingerprint density at radius 3 is 2.71 bits per heavy atom. The molecule has 0 radical (unpaired) electrons. The summed E-state index contributed by atoms with van der Waals surface area (Å²) in [5.41, 5.74) is 1.09. The lowest BCUT2D eigenvalue weighted by atomic mass is 9.85. The number of carbonyl (C=O) groups is 1. The fourth-order valence-corrected chi connectivity index (χ4v) is 4.48. The van der Waals surface area contributed by atoms with Crippen molar-refractivity contribution in [2.45, 2.75) is 38.8 Å². The molecular weight excluding hydrogens is 392 g/mol. The molecule has 0 spiro atoms. The van der Waals surface area contributed by atoms with Crippen LogP contribution in [0.15, 0.2) is 47.8 Å². The molecule has 2 aromatic rings. The van der Waals surface area contributed by atoms with Crippen molar-refractivity contribution in [1.82, 2.24) is 10.2 Å². The molecule has 2 heterocycles. The van der Waals surface area contributed by atoms with Crippen LogP contribution in [0.5, 0.6) is 0 Å². The van der Waals surface area contributed by atoms with E-state index in [0.29, 0.717) is 31.3 Å². The molecule has 1 amide bonds. The number of aliphatic hydroxyl groups is 1. The van der Waals surface area contributed by atoms with Gasteiger partial charge in [0.1, 0.15) is 6.10 Å². The third-order valence-corrected chi connectivity index (χ3v) is 6.44. The van der Waals surface area contributed by atoms with Gasteiger partial charge in [0.05, 0.1) is 6.54 Å². The number of hydrogen-bond acceptors (Lipinski definition) is 4. The van der Waals surface area contributed by atoms with Gasteiger partial charge in [0.2, 0.25) is 5.91 Å². The van der Waals surface area contributed by atoms with E-state index in [1.807, 2.05) is 52.7 Å². The number of aliphatic hydroxyl groups excluding tert-OH is 1. The van der Waals surface area contributed by atoms with Crippen LogP contribution >= 0.6 is 23.7 Å². The Kier molecular flexibility index (Phi) is 9.45. The van der Waals surface area contributed by atoms with Crippen LogP contribution < -0.4 is 5.32 Å². The predicted octanol–water partition coefficient (Wildman–Crippen LogP) is 4.26. The summed E-state index contributed by atoms with van der Waals surface area (Å²) in [4.78, 5) is 15.8. The van der Waals surface area contributed by atoms with Crippen molar-refractivity contribution in [3.8, 4) is 0 Å². The van der Waals surface area contributed by atoms with Gasteiger partial charge in [-0.2, -0.15) is 0 Å². The highest BCUT2D eigenvalue weighted by molar-refractivity contribution is 7.10. The monoisotopic (exact) mass is 422 g/mol. The van der Waals surface area contributed by atoms with Gasteiger partial charge in [0.25, 0.3) is 0 Å². The van der Waals surface area contributed by atoms with Crippen LogP contribution in [0.3, 0.4) is 0 Å². The SMILES string of the molecule is CC(CC(=O)N(Cc1ccccc1)CC(O)c1cccs1)C1CCCNC1.Cl. The lowest BCUT2D eigenvalue weighted by Gasteiger charge is -2.31. The Bertz CT molecular complexity index is 690. The van der Waals surface area contributed by atoms with Gasteiger partial charge in [-0.25, -0.2) is 0 Å². The quantitative estimate of drug-likeness (QED) is 0.668. The molecule has 1 aliphatic heterocycles. The largest absolute Gasteiger partial charge is 0.386 e. The number of nitrogens with one attached hydrogen (secondary N) is 1. The summed E-state index contributed by atoms with van der Waals surface area (Å²) in [5.74, 6) is 1.04. The molecule has 6 heteroatoms. The average molecular weight is 423 g/mol. The highest BCUT2D eigenvalue weighted by Gasteiger charge is 2.26. The third kappa shape index (κ3) is 6.59. The molecule has 0 bridgehead atoms. The maximum absolute atomic E-state index is 13.1. The van der Waals surface area contributed by atoms with E-state index in [0.717, 1.165) is 23.5 Å². The van der Waals surface area contributed by atoms with Crippen LogP contribution in [0, 0.1) is 11.8 Å². The van der Waals surface area contributed by atoms with Crippen molar-refractivity contribution in [3.63, 3.8) is 0 Å². The first-order valence-corrected chi connectivity index (χ1v) is 10.8. The van der Waals surface area contributed by atoms with Gasteiger partial charge >= 0.3 is 0 Å². The normalized spacial score (nSPS) is 18.7. The Hall–Kier alpha value is -1.40. The molecule has 1 aromatic heterocycles. The number of hydrogen-bond donors (Lipinski definition) is 2. The van der Waals surface area contributed by atoms with E-state index in [1.54, 1.807) is 0 Å². The lowest BCUT2D eigenvalue weighted by Crippen LogP contribution is -2.38. The smallest absolute Gasteiger partial charge is 0.223 e. The van der Waals surface area contributed by atoms with E-state index in [2.05, 4.69) is 12.2 Å². The number of benzene rings is 1. The summed E-state index contributed by atoms with van der Waals surface area (Å²) in [7, 11) is 0. The zero-order chi connectivity index (χ0) is 19.1. The predicted molar refractivity (Wildman–Crippen MR) is 118 cm³/mol. The van der Waals surface area contributed by atoms with Gasteiger partial charge in [-0.15, -0.1) is 23.7 Å². The maximum atomic E-state index is 13.1. The van der Waals surface area contributed by atoms with Crippen molar-refractivity contribution < 1.29 is 9.90 Å². The maximum Gasteiger partial charge on any atom is 0.223 e. The topological polar surface area (TPSA) is 52.6 Å². The molecule has 28 heavy (non-hydrogen) atoms. The van der Waals surface area contributed by atoms with Crippen LogP contribution in [0.1, 0.15) is 42.7 Å². The van der Waals surface area contributed by atoms with E-state index in [1.165, 1.54) is 24.2 Å². The van der Waals surface area contributed by atoms with Crippen LogP contribution in [-0.2, 0) is 11.3 Å². The van der Waals surface area contributed by atoms with Gasteiger partial charge in [0.15, 0.2) is 0 Å². The fourth-order valence-electron chi connectivity index (χ4n) is 3.77. The molecule has 3 rings (SSSR count). The Labute approximate surface area is 178 Å². The number of thiophene rings is 1. The van der Waals surface area contributed by atoms with Crippen molar-refractivity contribution >= 4 is 29.7 Å². The molecule has 1 aliphatic rings. The Morgan fingerprint density at radius 2 is 2.07 bits per heavy atom. The van der Waals surface area contributed by atoms with Gasteiger partial charge in [-0.1, -0.05) is 43.3 Å². The van der Waals surface area contributed by atoms with E-state index in [4.69, 9.17) is 0 Å². The first-order valence-electron chi connectivity index (χ1n) is 9.87. The van der Waals surface area contributed by atoms with E-state index < -0.39 is 6.10 Å². The Balaban J connectivity index is 0.00000280. The highest BCUT2D eigenvalue weighted by atomic mass is 35.5. The summed E-state index contributed by atoms with van der Waals surface area (Å²) in [6.45, 7) is 5.16. The van der Waals surface area contributed by atoms with Gasteiger partial charge in [-0.05, 0) is 54.8 Å². The minimum atomic E-state index is -0.635. The fraction of sp³-hybridized carbons (Fsp3) is 0.500. The van der Waals surface area contributed by atoms with Crippen LogP contribution in [0.2, 0.25) is 0 Å². The second kappa shape index (κ2) is 11.6. The number of nitrogens with zero attached hydrogens (tertiary/aromatic N) is 1. The summed E-state index contributed by atoms with van der Waals surface area (Å²) >= 11 is 1.53. The number of piperidine rings is 1. The van der Waals surface area contributed by atoms with Crippen molar-refractivity contribution in [1.29, 1.82) is 0 Å². The Morgan fingerprint density at radius 1 is 1.29 bits per heavy atom. The number of carbonyl (C=O) groups excluding carboxylic acids is 1. The first kappa shape index (κ1) is 22.9. The molecule has 3 atom stereocenters. The zero-order valence-corrected chi connectivity index (χ0v) is 18.1. The second-order valence-corrected chi connectivity index (χ2v) is 8.56. The standard InChI is InChI=1S/C22H30N2O2S.ClH/c1-17(19-9-5-11-23-14-19)13-22(26)24(15-18-7-3-2-4-8-18)16-20(25)21-10-6-12-27-21;/h2-4,6-8,10,12,17,19-20,23,25H,5,9,11,13-16H2,1H3;1H. The second-order valence-electron chi connectivity index (χ2n) is 7.58. The van der Waals surface area contributed by atoms with Crippen molar-refractivity contribution in [3.05, 3.63) is 58.3 Å². The van der Waals surface area contributed by atoms with Gasteiger partial charge < -0.3 is 15.3 Å². The minimum absolute atomic E-state index is 0. The van der Waals surface area contributed by atoms with Crippen LogP contribution in [0.4, 0.5) is 0 Å². The molecule has 0 aliphatic carbocycles. The van der Waals surface area contributed by atoms with Crippen LogP contribution in [0.25, 0.3) is 0 Å². The summed E-state index contributed by atoms with van der Waals surface area (Å²) in [6, 6.07) is 13.9. The number of rotatable bonds is 8. The first-order chi connectivity index (χ1) is 13.1. The van der Waals surface area contributed by atoms with E-state index in [-0.39, 0.29) is 18.3 Å². The zero-order valence-electron chi connectivity index (χ0n) is 16.4. The molecule has 154 valence electrons. The number of halogens is 1. The molecule has 1 fully saturated rings. The highest BCUT2D eigenvalue weighted by Crippen LogP contribution is 2.25. The summed E-state index contributed by atoms with van der Waals surface area (Å²) in [6.07, 6.45) is 2.28. The molecular formula is C22H31ClN2O2S. The molecule has 3 unspecified atom stereocenters. The average Bonchev–Trinajstić information content (AvgIpc) is 3.24. The van der Waals surface area contributed by atoms with Gasteiger partial charge in [0, 0.05) is 17.8 Å². The molecule has 1 saturated heterocycles. The van der Waals surface area contributed by atoms with E-state index in [9.17, 15) is 9.90 Å². The summed E-state index contributed by atoms with van der Waals surface area (Å²) in [5, 5.41) is 16.0. The summed E-state index contributed by atoms with van der Waals surface area (Å²) < 4.78 is 0. The molecule has 1 aromatic carbocycles. The van der Waals surface area contributed by atoms with E-state index >= 15 is 0 Å². The van der Waals surface area contributed by atoms with Crippen molar-refractivity contribution in [2.24, 2.45) is 11.8 Å². The minimum Gasteiger partial charge on any atom is -0.386 e. The molecule has 2 N–H and O–H groups in total. The molecule has 4 nitrogen and oxygen atoms in total. The molecule has 0 saturated carbocycles. The number of amides is 1. The lowest BCUT2D eigenvalue weighted by molar-refractivity contribution is -0.134. The van der Waals surface area contributed by atoms with Crippen molar-refractivity contribution in [2.75, 3.05) is 19.6 Å². The van der Waals surface area contributed by atoms with Gasteiger partial charge in [-0.3, -0.25) is 4.79 Å². The van der Waals surface area contributed by atoms with Crippen LogP contribution in [-0.4, -0.2) is 35.5 Å².